The summed E-state index contributed by atoms with van der Waals surface area (Å²) in [7, 11) is 4.06. The van der Waals surface area contributed by atoms with Crippen LogP contribution in [-0.4, -0.2) is 14.1 Å². The Morgan fingerprint density at radius 1 is 1.05 bits per heavy atom. The van der Waals surface area contributed by atoms with E-state index in [-0.39, 0.29) is 6.04 Å². The van der Waals surface area contributed by atoms with E-state index in [9.17, 15) is 0 Å². The number of anilines is 2. The average molecular weight is 309 g/mol. The molecule has 0 radical (unpaired) electrons. The summed E-state index contributed by atoms with van der Waals surface area (Å²) in [6, 6.07) is 13.9. The van der Waals surface area contributed by atoms with Crippen LogP contribution in [0.3, 0.4) is 0 Å². The SMILES string of the molecule is CC(Nc1ccccc1N(C)C)c1ccc(Cl)cc1Cl. The summed E-state index contributed by atoms with van der Waals surface area (Å²) in [5, 5.41) is 4.83. The second-order valence-electron chi connectivity index (χ2n) is 4.94. The van der Waals surface area contributed by atoms with E-state index in [4.69, 9.17) is 23.2 Å². The fraction of sp³-hybridized carbons (Fsp3) is 0.250. The van der Waals surface area contributed by atoms with E-state index in [1.807, 2.05) is 38.4 Å². The number of para-hydroxylation sites is 2. The highest BCUT2D eigenvalue weighted by atomic mass is 35.5. The zero-order valence-corrected chi connectivity index (χ0v) is 13.3. The number of nitrogens with zero attached hydrogens (tertiary/aromatic N) is 1. The fourth-order valence-electron chi connectivity index (χ4n) is 2.15. The van der Waals surface area contributed by atoms with Crippen LogP contribution in [0.4, 0.5) is 11.4 Å². The first-order chi connectivity index (χ1) is 9.49. The van der Waals surface area contributed by atoms with Crippen LogP contribution in [0.1, 0.15) is 18.5 Å². The summed E-state index contributed by atoms with van der Waals surface area (Å²) in [6.45, 7) is 2.08. The zero-order chi connectivity index (χ0) is 14.7. The largest absolute Gasteiger partial charge is 0.377 e. The lowest BCUT2D eigenvalue weighted by Gasteiger charge is -2.22. The summed E-state index contributed by atoms with van der Waals surface area (Å²) in [5.41, 5.74) is 3.25. The van der Waals surface area contributed by atoms with Gasteiger partial charge in [0.25, 0.3) is 0 Å². The van der Waals surface area contributed by atoms with Crippen molar-refractivity contribution in [2.24, 2.45) is 0 Å². The molecule has 0 fully saturated rings. The molecular formula is C16H18Cl2N2. The molecule has 0 aromatic heterocycles. The van der Waals surface area contributed by atoms with Gasteiger partial charge in [-0.1, -0.05) is 41.4 Å². The molecule has 0 spiro atoms. The van der Waals surface area contributed by atoms with Gasteiger partial charge in [-0.2, -0.15) is 0 Å². The Balaban J connectivity index is 2.26. The van der Waals surface area contributed by atoms with E-state index in [1.54, 1.807) is 6.07 Å². The monoisotopic (exact) mass is 308 g/mol. The van der Waals surface area contributed by atoms with Crippen LogP contribution >= 0.6 is 23.2 Å². The van der Waals surface area contributed by atoms with Gasteiger partial charge < -0.3 is 10.2 Å². The van der Waals surface area contributed by atoms with Crippen LogP contribution in [0.5, 0.6) is 0 Å². The molecule has 2 rings (SSSR count). The van der Waals surface area contributed by atoms with Gasteiger partial charge in [-0.25, -0.2) is 0 Å². The first-order valence-corrected chi connectivity index (χ1v) is 7.22. The molecule has 4 heteroatoms. The first-order valence-electron chi connectivity index (χ1n) is 6.47. The molecule has 0 saturated carbocycles. The second kappa shape index (κ2) is 6.38. The lowest BCUT2D eigenvalue weighted by Crippen LogP contribution is -2.14. The molecule has 2 nitrogen and oxygen atoms in total. The normalized spacial score (nSPS) is 12.1. The topological polar surface area (TPSA) is 15.3 Å². The van der Waals surface area contributed by atoms with Gasteiger partial charge in [0.2, 0.25) is 0 Å². The third kappa shape index (κ3) is 3.38. The predicted molar refractivity (Wildman–Crippen MR) is 89.3 cm³/mol. The minimum Gasteiger partial charge on any atom is -0.377 e. The maximum Gasteiger partial charge on any atom is 0.0596 e. The van der Waals surface area contributed by atoms with E-state index < -0.39 is 0 Å². The summed E-state index contributed by atoms with van der Waals surface area (Å²) < 4.78 is 0. The maximum absolute atomic E-state index is 6.26. The molecule has 2 aromatic carbocycles. The lowest BCUT2D eigenvalue weighted by molar-refractivity contribution is 0.883. The highest BCUT2D eigenvalue weighted by molar-refractivity contribution is 6.35. The second-order valence-corrected chi connectivity index (χ2v) is 5.79. The zero-order valence-electron chi connectivity index (χ0n) is 11.8. The summed E-state index contributed by atoms with van der Waals surface area (Å²) in [4.78, 5) is 2.08. The molecule has 0 aliphatic heterocycles. The van der Waals surface area contributed by atoms with Crippen molar-refractivity contribution in [3.63, 3.8) is 0 Å². The smallest absolute Gasteiger partial charge is 0.0596 e. The highest BCUT2D eigenvalue weighted by Crippen LogP contribution is 2.31. The minimum atomic E-state index is 0.0980. The Labute approximate surface area is 130 Å². The Morgan fingerprint density at radius 3 is 2.40 bits per heavy atom. The van der Waals surface area contributed by atoms with E-state index in [0.29, 0.717) is 10.0 Å². The molecule has 1 atom stereocenters. The molecule has 0 heterocycles. The van der Waals surface area contributed by atoms with Crippen molar-refractivity contribution in [3.8, 4) is 0 Å². The van der Waals surface area contributed by atoms with Crippen molar-refractivity contribution in [2.75, 3.05) is 24.3 Å². The van der Waals surface area contributed by atoms with Gasteiger partial charge in [-0.05, 0) is 36.8 Å². The van der Waals surface area contributed by atoms with Gasteiger partial charge in [-0.3, -0.25) is 0 Å². The predicted octanol–water partition coefficient (Wildman–Crippen LogP) is 5.23. The number of hydrogen-bond acceptors (Lipinski definition) is 2. The van der Waals surface area contributed by atoms with Gasteiger partial charge in [0.1, 0.15) is 0 Å². The third-order valence-electron chi connectivity index (χ3n) is 3.19. The number of benzene rings is 2. The van der Waals surface area contributed by atoms with Crippen LogP contribution in [-0.2, 0) is 0 Å². The van der Waals surface area contributed by atoms with Crippen LogP contribution in [0.25, 0.3) is 0 Å². The molecule has 0 bridgehead atoms. The molecule has 0 aliphatic carbocycles. The Hall–Kier alpha value is -1.38. The van der Waals surface area contributed by atoms with Crippen LogP contribution < -0.4 is 10.2 Å². The maximum atomic E-state index is 6.26. The van der Waals surface area contributed by atoms with Crippen molar-refractivity contribution >= 4 is 34.6 Å². The number of hydrogen-bond donors (Lipinski definition) is 1. The van der Waals surface area contributed by atoms with Gasteiger partial charge in [0, 0.05) is 24.1 Å². The van der Waals surface area contributed by atoms with Crippen molar-refractivity contribution in [1.29, 1.82) is 0 Å². The molecule has 20 heavy (non-hydrogen) atoms. The lowest BCUT2D eigenvalue weighted by atomic mass is 10.1. The number of halogens is 2. The Kier molecular flexibility index (Phi) is 4.79. The van der Waals surface area contributed by atoms with Crippen LogP contribution in [0.2, 0.25) is 10.0 Å². The summed E-state index contributed by atoms with van der Waals surface area (Å²) >= 11 is 12.2. The number of nitrogens with one attached hydrogen (secondary N) is 1. The Morgan fingerprint density at radius 2 is 1.75 bits per heavy atom. The average Bonchev–Trinajstić information content (AvgIpc) is 2.38. The first kappa shape index (κ1) is 15.0. The molecule has 0 saturated heterocycles. The fourth-order valence-corrected chi connectivity index (χ4v) is 2.72. The van der Waals surface area contributed by atoms with Crippen molar-refractivity contribution < 1.29 is 0 Å². The summed E-state index contributed by atoms with van der Waals surface area (Å²) in [5.74, 6) is 0. The molecule has 106 valence electrons. The van der Waals surface area contributed by atoms with Gasteiger partial charge in [0.05, 0.1) is 17.4 Å². The summed E-state index contributed by atoms with van der Waals surface area (Å²) in [6.07, 6.45) is 0. The van der Waals surface area contributed by atoms with E-state index in [1.165, 1.54) is 0 Å². The van der Waals surface area contributed by atoms with Crippen LogP contribution in [0, 0.1) is 0 Å². The molecule has 1 N–H and O–H groups in total. The molecular weight excluding hydrogens is 291 g/mol. The van der Waals surface area contributed by atoms with E-state index in [0.717, 1.165) is 16.9 Å². The van der Waals surface area contributed by atoms with Crippen molar-refractivity contribution in [1.82, 2.24) is 0 Å². The molecule has 1 unspecified atom stereocenters. The standard InChI is InChI=1S/C16H18Cl2N2/c1-11(13-9-8-12(17)10-14(13)18)19-15-6-4-5-7-16(15)20(2)3/h4-11,19H,1-3H3. The van der Waals surface area contributed by atoms with E-state index >= 15 is 0 Å². The quantitative estimate of drug-likeness (QED) is 0.831. The molecule has 0 aliphatic rings. The van der Waals surface area contributed by atoms with Gasteiger partial charge >= 0.3 is 0 Å². The Bertz CT molecular complexity index is 597. The van der Waals surface area contributed by atoms with Crippen LogP contribution in [0.15, 0.2) is 42.5 Å². The van der Waals surface area contributed by atoms with Crippen molar-refractivity contribution in [2.45, 2.75) is 13.0 Å². The molecule has 0 amide bonds. The van der Waals surface area contributed by atoms with E-state index in [2.05, 4.69) is 29.3 Å². The van der Waals surface area contributed by atoms with Gasteiger partial charge in [-0.15, -0.1) is 0 Å². The van der Waals surface area contributed by atoms with Crippen molar-refractivity contribution in [3.05, 3.63) is 58.1 Å². The number of rotatable bonds is 4. The third-order valence-corrected chi connectivity index (χ3v) is 3.75. The van der Waals surface area contributed by atoms with Gasteiger partial charge in [0.15, 0.2) is 0 Å². The highest BCUT2D eigenvalue weighted by Gasteiger charge is 2.12. The molecule has 2 aromatic rings. The minimum absolute atomic E-state index is 0.0980.